The Morgan fingerprint density at radius 3 is 3.29 bits per heavy atom. The fraction of sp³-hybridized carbons (Fsp3) is 0.583. The van der Waals surface area contributed by atoms with Gasteiger partial charge in [-0.2, -0.15) is 0 Å². The zero-order valence-corrected chi connectivity index (χ0v) is 10.1. The van der Waals surface area contributed by atoms with Crippen LogP contribution in [0.1, 0.15) is 5.56 Å². The van der Waals surface area contributed by atoms with Gasteiger partial charge < -0.3 is 15.2 Å². The molecular weight excluding hydrogens is 218 g/mol. The predicted octanol–water partition coefficient (Wildman–Crippen LogP) is 0.316. The number of pyridine rings is 1. The molecule has 1 aromatic rings. The van der Waals surface area contributed by atoms with Crippen molar-refractivity contribution in [3.8, 4) is 0 Å². The van der Waals surface area contributed by atoms with E-state index < -0.39 is 0 Å². The van der Waals surface area contributed by atoms with Gasteiger partial charge in [-0.3, -0.25) is 4.90 Å². The van der Waals surface area contributed by atoms with Crippen molar-refractivity contribution < 1.29 is 9.84 Å². The lowest BCUT2D eigenvalue weighted by molar-refractivity contribution is -0.0551. The van der Waals surface area contributed by atoms with Crippen LogP contribution in [0.5, 0.6) is 0 Å². The molecular formula is C12H19N3O2. The Labute approximate surface area is 101 Å². The Hall–Kier alpha value is -1.17. The molecule has 94 valence electrons. The van der Waals surface area contributed by atoms with Crippen molar-refractivity contribution >= 4 is 5.82 Å². The number of hydrogen-bond donors (Lipinski definition) is 2. The van der Waals surface area contributed by atoms with Crippen LogP contribution >= 0.6 is 0 Å². The van der Waals surface area contributed by atoms with Crippen LogP contribution in [0.2, 0.25) is 0 Å². The average molecular weight is 237 g/mol. The van der Waals surface area contributed by atoms with Gasteiger partial charge in [-0.1, -0.05) is 0 Å². The molecule has 0 aromatic carbocycles. The first-order valence-electron chi connectivity index (χ1n) is 5.89. The summed E-state index contributed by atoms with van der Waals surface area (Å²) in [4.78, 5) is 6.48. The lowest BCUT2D eigenvalue weighted by atomic mass is 10.2. The summed E-state index contributed by atoms with van der Waals surface area (Å²) in [5, 5.41) is 12.1. The Morgan fingerprint density at radius 2 is 2.53 bits per heavy atom. The first kappa shape index (κ1) is 12.3. The van der Waals surface area contributed by atoms with Gasteiger partial charge in [0.25, 0.3) is 0 Å². The zero-order chi connectivity index (χ0) is 12.1. The minimum absolute atomic E-state index is 0.0469. The number of rotatable bonds is 4. The van der Waals surface area contributed by atoms with Gasteiger partial charge in [-0.05, 0) is 17.7 Å². The summed E-state index contributed by atoms with van der Waals surface area (Å²) in [6, 6.07) is 4.06. The van der Waals surface area contributed by atoms with Crippen molar-refractivity contribution in [1.82, 2.24) is 9.88 Å². The van der Waals surface area contributed by atoms with Crippen LogP contribution in [0.3, 0.4) is 0 Å². The standard InChI is InChI=1S/C12H19N3O2/c1-13-12-6-10(2-3-14-12)7-15-4-5-17-11(8-15)9-16/h2-3,6,11,16H,4-5,7-9H2,1H3,(H,13,14). The van der Waals surface area contributed by atoms with Crippen molar-refractivity contribution in [2.24, 2.45) is 0 Å². The minimum atomic E-state index is -0.0469. The molecule has 1 aliphatic rings. The Morgan fingerprint density at radius 1 is 1.65 bits per heavy atom. The molecule has 5 heteroatoms. The first-order valence-corrected chi connectivity index (χ1v) is 5.89. The molecule has 0 aliphatic carbocycles. The van der Waals surface area contributed by atoms with E-state index in [1.807, 2.05) is 25.4 Å². The summed E-state index contributed by atoms with van der Waals surface area (Å²) < 4.78 is 5.42. The monoisotopic (exact) mass is 237 g/mol. The van der Waals surface area contributed by atoms with Gasteiger partial charge in [0.2, 0.25) is 0 Å². The van der Waals surface area contributed by atoms with Gasteiger partial charge in [0.15, 0.2) is 0 Å². The second kappa shape index (κ2) is 5.95. The number of aromatic nitrogens is 1. The van der Waals surface area contributed by atoms with E-state index in [4.69, 9.17) is 9.84 Å². The Balaban J connectivity index is 1.95. The van der Waals surface area contributed by atoms with Gasteiger partial charge in [0.1, 0.15) is 5.82 Å². The number of nitrogens with zero attached hydrogens (tertiary/aromatic N) is 2. The minimum Gasteiger partial charge on any atom is -0.394 e. The van der Waals surface area contributed by atoms with Gasteiger partial charge in [0.05, 0.1) is 19.3 Å². The van der Waals surface area contributed by atoms with Crippen molar-refractivity contribution in [3.63, 3.8) is 0 Å². The van der Waals surface area contributed by atoms with Crippen LogP contribution in [0.4, 0.5) is 5.82 Å². The van der Waals surface area contributed by atoms with Gasteiger partial charge in [-0.25, -0.2) is 4.98 Å². The number of ether oxygens (including phenoxy) is 1. The summed E-state index contributed by atoms with van der Waals surface area (Å²) in [6.45, 7) is 3.35. The Kier molecular flexibility index (Phi) is 4.30. The van der Waals surface area contributed by atoms with Crippen LogP contribution in [0.15, 0.2) is 18.3 Å². The van der Waals surface area contributed by atoms with Gasteiger partial charge in [-0.15, -0.1) is 0 Å². The maximum absolute atomic E-state index is 9.09. The van der Waals surface area contributed by atoms with Gasteiger partial charge in [0, 0.05) is 32.9 Å². The Bertz CT molecular complexity index is 359. The molecule has 2 N–H and O–H groups in total. The predicted molar refractivity (Wildman–Crippen MR) is 65.9 cm³/mol. The molecule has 1 unspecified atom stereocenters. The fourth-order valence-corrected chi connectivity index (χ4v) is 2.00. The molecule has 0 radical (unpaired) electrons. The third-order valence-electron chi connectivity index (χ3n) is 2.91. The maximum atomic E-state index is 9.09. The molecule has 0 spiro atoms. The van der Waals surface area contributed by atoms with Crippen molar-refractivity contribution in [2.75, 3.05) is 38.7 Å². The number of anilines is 1. The molecule has 0 amide bonds. The summed E-state index contributed by atoms with van der Waals surface area (Å²) in [6.07, 6.45) is 1.76. The molecule has 5 nitrogen and oxygen atoms in total. The van der Waals surface area contributed by atoms with Gasteiger partial charge >= 0.3 is 0 Å². The molecule has 2 rings (SSSR count). The first-order chi connectivity index (χ1) is 8.31. The van der Waals surface area contributed by atoms with E-state index in [2.05, 4.69) is 15.2 Å². The number of morpholine rings is 1. The SMILES string of the molecule is CNc1cc(CN2CCOC(CO)C2)ccn1. The maximum Gasteiger partial charge on any atom is 0.125 e. The van der Waals surface area contributed by atoms with E-state index in [-0.39, 0.29) is 12.7 Å². The zero-order valence-electron chi connectivity index (χ0n) is 10.1. The highest BCUT2D eigenvalue weighted by atomic mass is 16.5. The van der Waals surface area contributed by atoms with E-state index in [1.165, 1.54) is 5.56 Å². The molecule has 1 atom stereocenters. The van der Waals surface area contributed by atoms with Crippen molar-refractivity contribution in [3.05, 3.63) is 23.9 Å². The van der Waals surface area contributed by atoms with E-state index in [9.17, 15) is 0 Å². The summed E-state index contributed by atoms with van der Waals surface area (Å²) in [5.74, 6) is 0.884. The number of aliphatic hydroxyl groups excluding tert-OH is 1. The number of nitrogens with one attached hydrogen (secondary N) is 1. The quantitative estimate of drug-likeness (QED) is 0.789. The molecule has 17 heavy (non-hydrogen) atoms. The molecule has 1 fully saturated rings. The van der Waals surface area contributed by atoms with Crippen LogP contribution in [-0.4, -0.2) is 54.4 Å². The molecule has 2 heterocycles. The van der Waals surface area contributed by atoms with Crippen LogP contribution < -0.4 is 5.32 Å². The molecule has 0 saturated carbocycles. The summed E-state index contributed by atoms with van der Waals surface area (Å²) in [5.41, 5.74) is 1.22. The normalized spacial score (nSPS) is 21.4. The molecule has 0 bridgehead atoms. The highest BCUT2D eigenvalue weighted by Crippen LogP contribution is 2.12. The average Bonchev–Trinajstić information content (AvgIpc) is 2.39. The largest absolute Gasteiger partial charge is 0.394 e. The van der Waals surface area contributed by atoms with E-state index in [1.54, 1.807) is 0 Å². The molecule has 1 saturated heterocycles. The third kappa shape index (κ3) is 3.39. The highest BCUT2D eigenvalue weighted by molar-refractivity contribution is 5.36. The lowest BCUT2D eigenvalue weighted by Gasteiger charge is -2.31. The summed E-state index contributed by atoms with van der Waals surface area (Å²) >= 11 is 0. The highest BCUT2D eigenvalue weighted by Gasteiger charge is 2.19. The number of hydrogen-bond acceptors (Lipinski definition) is 5. The molecule has 1 aliphatic heterocycles. The lowest BCUT2D eigenvalue weighted by Crippen LogP contribution is -2.43. The van der Waals surface area contributed by atoms with Crippen molar-refractivity contribution in [2.45, 2.75) is 12.6 Å². The van der Waals surface area contributed by atoms with Crippen LogP contribution in [0.25, 0.3) is 0 Å². The second-order valence-corrected chi connectivity index (χ2v) is 4.21. The third-order valence-corrected chi connectivity index (χ3v) is 2.91. The van der Waals surface area contributed by atoms with E-state index in [0.717, 1.165) is 25.5 Å². The topological polar surface area (TPSA) is 57.6 Å². The van der Waals surface area contributed by atoms with E-state index in [0.29, 0.717) is 6.61 Å². The smallest absolute Gasteiger partial charge is 0.125 e. The summed E-state index contributed by atoms with van der Waals surface area (Å²) in [7, 11) is 1.86. The second-order valence-electron chi connectivity index (χ2n) is 4.21. The molecule has 1 aromatic heterocycles. The van der Waals surface area contributed by atoms with Crippen LogP contribution in [-0.2, 0) is 11.3 Å². The fourth-order valence-electron chi connectivity index (χ4n) is 2.00. The van der Waals surface area contributed by atoms with Crippen LogP contribution in [0, 0.1) is 0 Å². The van der Waals surface area contributed by atoms with Crippen molar-refractivity contribution in [1.29, 1.82) is 0 Å². The van der Waals surface area contributed by atoms with E-state index >= 15 is 0 Å². The number of aliphatic hydroxyl groups is 1.